The molecule has 1 amide bonds. The van der Waals surface area contributed by atoms with Gasteiger partial charge in [0.15, 0.2) is 10.3 Å². The number of anilines is 1. The second-order valence-electron chi connectivity index (χ2n) is 6.67. The Morgan fingerprint density at radius 2 is 2.24 bits per heavy atom. The summed E-state index contributed by atoms with van der Waals surface area (Å²) in [6.07, 6.45) is 3.68. The van der Waals surface area contributed by atoms with Gasteiger partial charge in [0.2, 0.25) is 5.91 Å². The van der Waals surface area contributed by atoms with Crippen LogP contribution in [-0.4, -0.2) is 50.7 Å². The van der Waals surface area contributed by atoms with Crippen LogP contribution in [0, 0.1) is 0 Å². The van der Waals surface area contributed by atoms with Gasteiger partial charge in [-0.2, -0.15) is 0 Å². The predicted octanol–water partition coefficient (Wildman–Crippen LogP) is 4.01. The van der Waals surface area contributed by atoms with E-state index in [1.807, 2.05) is 36.7 Å². The number of aryl methyl sites for hydroxylation is 1. The number of hydrogen-bond donors (Lipinski definition) is 0. The van der Waals surface area contributed by atoms with Crippen LogP contribution >= 0.6 is 39.0 Å². The molecule has 29 heavy (non-hydrogen) atoms. The topological polar surface area (TPSA) is 73.1 Å². The van der Waals surface area contributed by atoms with Crippen LogP contribution in [0.25, 0.3) is 11.3 Å². The highest BCUT2D eigenvalue weighted by Gasteiger charge is 2.26. The molecule has 0 aliphatic carbocycles. The molecule has 1 aliphatic rings. The fourth-order valence-corrected chi connectivity index (χ4v) is 4.92. The van der Waals surface area contributed by atoms with Gasteiger partial charge in [-0.3, -0.25) is 9.69 Å². The fraction of sp³-hybridized carbons (Fsp3) is 0.368. The zero-order chi connectivity index (χ0) is 20.2. The molecule has 152 valence electrons. The van der Waals surface area contributed by atoms with Crippen LogP contribution in [0.2, 0.25) is 0 Å². The van der Waals surface area contributed by atoms with Gasteiger partial charge in [0, 0.05) is 29.1 Å². The van der Waals surface area contributed by atoms with Gasteiger partial charge in [-0.15, -0.1) is 21.5 Å². The molecule has 1 fully saturated rings. The van der Waals surface area contributed by atoms with Crippen molar-refractivity contribution in [3.63, 3.8) is 0 Å². The molecule has 2 aromatic heterocycles. The van der Waals surface area contributed by atoms with Crippen LogP contribution in [-0.2, 0) is 16.6 Å². The van der Waals surface area contributed by atoms with Crippen molar-refractivity contribution in [3.05, 3.63) is 40.4 Å². The summed E-state index contributed by atoms with van der Waals surface area (Å²) >= 11 is 6.31. The number of halogens is 1. The van der Waals surface area contributed by atoms with E-state index in [1.165, 1.54) is 23.1 Å². The van der Waals surface area contributed by atoms with E-state index >= 15 is 0 Å². The second-order valence-corrected chi connectivity index (χ2v) is 9.37. The van der Waals surface area contributed by atoms with Gasteiger partial charge >= 0.3 is 0 Å². The van der Waals surface area contributed by atoms with Gasteiger partial charge in [0.25, 0.3) is 0 Å². The van der Waals surface area contributed by atoms with E-state index in [0.717, 1.165) is 35.2 Å². The molecule has 7 nitrogen and oxygen atoms in total. The summed E-state index contributed by atoms with van der Waals surface area (Å²) in [6, 6.07) is 8.00. The van der Waals surface area contributed by atoms with Gasteiger partial charge in [0.1, 0.15) is 6.33 Å². The molecule has 3 heterocycles. The second kappa shape index (κ2) is 9.38. The van der Waals surface area contributed by atoms with Crippen LogP contribution in [0.3, 0.4) is 0 Å². The molecule has 1 saturated heterocycles. The monoisotopic (exact) mass is 493 g/mol. The van der Waals surface area contributed by atoms with Gasteiger partial charge in [-0.05, 0) is 25.0 Å². The zero-order valence-corrected chi connectivity index (χ0v) is 19.0. The third-order valence-electron chi connectivity index (χ3n) is 4.57. The van der Waals surface area contributed by atoms with Crippen LogP contribution in [0.15, 0.2) is 45.6 Å². The summed E-state index contributed by atoms with van der Waals surface area (Å²) < 4.78 is 8.60. The molecule has 0 bridgehead atoms. The van der Waals surface area contributed by atoms with Crippen molar-refractivity contribution in [2.45, 2.75) is 24.1 Å². The molecule has 3 aromatic rings. The molecular weight excluding hydrogens is 474 g/mol. The first-order chi connectivity index (χ1) is 14.1. The number of aromatic nitrogens is 4. The number of thioether (sulfide) groups is 1. The fourth-order valence-electron chi connectivity index (χ4n) is 3.03. The Hall–Kier alpha value is -1.75. The molecule has 0 saturated carbocycles. The quantitative estimate of drug-likeness (QED) is 0.463. The van der Waals surface area contributed by atoms with Gasteiger partial charge in [0.05, 0.1) is 24.1 Å². The van der Waals surface area contributed by atoms with Crippen LogP contribution in [0.4, 0.5) is 5.13 Å². The molecule has 0 radical (unpaired) electrons. The molecule has 1 unspecified atom stereocenters. The largest absolute Gasteiger partial charge is 0.376 e. The zero-order valence-electron chi connectivity index (χ0n) is 15.8. The molecule has 1 aromatic carbocycles. The lowest BCUT2D eigenvalue weighted by Crippen LogP contribution is -2.38. The highest BCUT2D eigenvalue weighted by Crippen LogP contribution is 2.30. The van der Waals surface area contributed by atoms with Crippen molar-refractivity contribution in [2.24, 2.45) is 7.05 Å². The first-order valence-corrected chi connectivity index (χ1v) is 11.9. The van der Waals surface area contributed by atoms with E-state index in [-0.39, 0.29) is 17.8 Å². The average Bonchev–Trinajstić information content (AvgIpc) is 3.47. The first-order valence-electron chi connectivity index (χ1n) is 9.20. The maximum atomic E-state index is 13.1. The smallest absolute Gasteiger partial charge is 0.239 e. The van der Waals surface area contributed by atoms with Crippen molar-refractivity contribution in [2.75, 3.05) is 23.8 Å². The SMILES string of the molecule is Cn1cnnc1SCC(=O)N(CC1CCCO1)c1nc(-c2ccc(Br)cc2)cs1. The lowest BCUT2D eigenvalue weighted by atomic mass is 10.2. The Labute approximate surface area is 185 Å². The third-order valence-corrected chi connectivity index (χ3v) is 6.98. The molecular formula is C19H20BrN5O2S2. The maximum Gasteiger partial charge on any atom is 0.239 e. The number of carbonyl (C=O) groups excluding carboxylic acids is 1. The number of ether oxygens (including phenoxy) is 1. The van der Waals surface area contributed by atoms with Crippen molar-refractivity contribution in [1.82, 2.24) is 19.7 Å². The summed E-state index contributed by atoms with van der Waals surface area (Å²) in [4.78, 5) is 19.6. The molecule has 4 rings (SSSR count). The van der Waals surface area contributed by atoms with Gasteiger partial charge < -0.3 is 9.30 Å². The number of benzene rings is 1. The summed E-state index contributed by atoms with van der Waals surface area (Å²) in [6.45, 7) is 1.27. The normalized spacial score (nSPS) is 16.3. The highest BCUT2D eigenvalue weighted by atomic mass is 79.9. The number of hydrogen-bond acceptors (Lipinski definition) is 7. The Bertz CT molecular complexity index is 969. The van der Waals surface area contributed by atoms with Crippen LogP contribution in [0.5, 0.6) is 0 Å². The Morgan fingerprint density at radius 1 is 1.41 bits per heavy atom. The molecule has 10 heteroatoms. The summed E-state index contributed by atoms with van der Waals surface area (Å²) in [7, 11) is 1.86. The minimum absolute atomic E-state index is 0.00907. The van der Waals surface area contributed by atoms with E-state index in [0.29, 0.717) is 16.8 Å². The molecule has 1 atom stereocenters. The molecule has 0 N–H and O–H groups in total. The van der Waals surface area contributed by atoms with E-state index in [2.05, 4.69) is 26.1 Å². The predicted molar refractivity (Wildman–Crippen MR) is 118 cm³/mol. The Morgan fingerprint density at radius 3 is 2.93 bits per heavy atom. The Balaban J connectivity index is 1.52. The van der Waals surface area contributed by atoms with E-state index in [9.17, 15) is 4.79 Å². The van der Waals surface area contributed by atoms with Crippen molar-refractivity contribution >= 4 is 50.1 Å². The van der Waals surface area contributed by atoms with Crippen molar-refractivity contribution in [1.29, 1.82) is 0 Å². The van der Waals surface area contributed by atoms with E-state index in [1.54, 1.807) is 15.8 Å². The summed E-state index contributed by atoms with van der Waals surface area (Å²) in [5, 5.41) is 11.3. The minimum Gasteiger partial charge on any atom is -0.376 e. The number of rotatable bonds is 7. The number of amides is 1. The molecule has 0 spiro atoms. The minimum atomic E-state index is -0.00907. The summed E-state index contributed by atoms with van der Waals surface area (Å²) in [5.74, 6) is 0.261. The summed E-state index contributed by atoms with van der Waals surface area (Å²) in [5.41, 5.74) is 1.89. The van der Waals surface area contributed by atoms with Gasteiger partial charge in [-0.1, -0.05) is 39.8 Å². The lowest BCUT2D eigenvalue weighted by molar-refractivity contribution is -0.116. The number of nitrogens with zero attached hydrogens (tertiary/aromatic N) is 5. The standard InChI is InChI=1S/C19H20BrN5O2S2/c1-24-12-21-23-19(24)29-11-17(26)25(9-15-3-2-8-27-15)18-22-16(10-28-18)13-4-6-14(20)7-5-13/h4-7,10,12,15H,2-3,8-9,11H2,1H3. The lowest BCUT2D eigenvalue weighted by Gasteiger charge is -2.22. The third kappa shape index (κ3) is 5.06. The number of carbonyl (C=O) groups is 1. The first kappa shape index (κ1) is 20.5. The molecule has 1 aliphatic heterocycles. The van der Waals surface area contributed by atoms with Crippen LogP contribution in [0.1, 0.15) is 12.8 Å². The van der Waals surface area contributed by atoms with Crippen LogP contribution < -0.4 is 4.90 Å². The Kier molecular flexibility index (Phi) is 6.63. The van der Waals surface area contributed by atoms with Gasteiger partial charge in [-0.25, -0.2) is 4.98 Å². The average molecular weight is 494 g/mol. The number of thiazole rings is 1. The highest BCUT2D eigenvalue weighted by molar-refractivity contribution is 9.10. The maximum absolute atomic E-state index is 13.1. The van der Waals surface area contributed by atoms with Crippen molar-refractivity contribution in [3.8, 4) is 11.3 Å². The van der Waals surface area contributed by atoms with E-state index in [4.69, 9.17) is 9.72 Å². The van der Waals surface area contributed by atoms with E-state index < -0.39 is 0 Å². The van der Waals surface area contributed by atoms with Crippen molar-refractivity contribution < 1.29 is 9.53 Å².